The SMILES string of the molecule is CN1CCC(c2cccc(F)c2F)c2ccc(-c3ccc(C(F)(F)F)nn3)cc2C1. The fourth-order valence-corrected chi connectivity index (χ4v) is 3.87. The number of hydrogen-bond acceptors (Lipinski definition) is 3. The average molecular weight is 419 g/mol. The predicted molar refractivity (Wildman–Crippen MR) is 102 cm³/mol. The van der Waals surface area contributed by atoms with Gasteiger partial charge in [-0.3, -0.25) is 0 Å². The molecule has 1 aromatic heterocycles. The number of benzene rings is 2. The molecule has 3 nitrogen and oxygen atoms in total. The lowest BCUT2D eigenvalue weighted by Crippen LogP contribution is -2.17. The molecule has 0 amide bonds. The zero-order valence-electron chi connectivity index (χ0n) is 16.0. The summed E-state index contributed by atoms with van der Waals surface area (Å²) in [6, 6.07) is 11.7. The second kappa shape index (κ2) is 7.75. The predicted octanol–water partition coefficient (Wildman–Crippen LogP) is 5.41. The summed E-state index contributed by atoms with van der Waals surface area (Å²) in [6.07, 6.45) is -3.94. The molecule has 8 heteroatoms. The first-order valence-corrected chi connectivity index (χ1v) is 9.40. The van der Waals surface area contributed by atoms with Crippen LogP contribution in [0.15, 0.2) is 48.5 Å². The number of alkyl halides is 3. The fraction of sp³-hybridized carbons (Fsp3) is 0.273. The molecule has 0 bridgehead atoms. The Morgan fingerprint density at radius 1 is 0.967 bits per heavy atom. The average Bonchev–Trinajstić information content (AvgIpc) is 2.87. The second-order valence-corrected chi connectivity index (χ2v) is 7.44. The van der Waals surface area contributed by atoms with E-state index in [1.165, 1.54) is 12.1 Å². The van der Waals surface area contributed by atoms with Crippen LogP contribution in [0.5, 0.6) is 0 Å². The Hall–Kier alpha value is -2.87. The highest BCUT2D eigenvalue weighted by atomic mass is 19.4. The summed E-state index contributed by atoms with van der Waals surface area (Å²) < 4.78 is 66.5. The minimum absolute atomic E-state index is 0.300. The molecule has 0 spiro atoms. The standard InChI is InChI=1S/C22H18F5N3/c1-30-10-9-16(17-3-2-4-18(23)21(17)24)15-6-5-13(11-14(15)12-30)19-7-8-20(29-28-19)22(25,26)27/h2-8,11,16H,9-10,12H2,1H3. The van der Waals surface area contributed by atoms with Crippen molar-refractivity contribution in [2.24, 2.45) is 0 Å². The van der Waals surface area contributed by atoms with Crippen molar-refractivity contribution in [1.82, 2.24) is 15.1 Å². The van der Waals surface area contributed by atoms with Crippen molar-refractivity contribution >= 4 is 0 Å². The Bertz CT molecular complexity index is 1060. The molecule has 0 saturated heterocycles. The van der Waals surface area contributed by atoms with E-state index in [-0.39, 0.29) is 5.92 Å². The number of hydrogen-bond donors (Lipinski definition) is 0. The van der Waals surface area contributed by atoms with Gasteiger partial charge in [-0.1, -0.05) is 24.3 Å². The van der Waals surface area contributed by atoms with Crippen LogP contribution in [-0.4, -0.2) is 28.7 Å². The lowest BCUT2D eigenvalue weighted by atomic mass is 9.85. The van der Waals surface area contributed by atoms with Crippen LogP contribution in [0.1, 0.15) is 34.7 Å². The first kappa shape index (κ1) is 20.4. The van der Waals surface area contributed by atoms with Gasteiger partial charge in [-0.25, -0.2) is 8.78 Å². The normalized spacial score (nSPS) is 17.5. The van der Waals surface area contributed by atoms with Crippen molar-refractivity contribution in [1.29, 1.82) is 0 Å². The van der Waals surface area contributed by atoms with E-state index in [0.717, 1.165) is 23.3 Å². The molecule has 0 N–H and O–H groups in total. The van der Waals surface area contributed by atoms with Crippen LogP contribution in [0.25, 0.3) is 11.3 Å². The molecule has 156 valence electrons. The first-order chi connectivity index (χ1) is 14.2. The smallest absolute Gasteiger partial charge is 0.302 e. The van der Waals surface area contributed by atoms with E-state index in [1.54, 1.807) is 12.1 Å². The Morgan fingerprint density at radius 3 is 2.47 bits per heavy atom. The Labute approximate surface area is 170 Å². The van der Waals surface area contributed by atoms with Crippen molar-refractivity contribution in [3.63, 3.8) is 0 Å². The monoisotopic (exact) mass is 419 g/mol. The lowest BCUT2D eigenvalue weighted by Gasteiger charge is -2.19. The van der Waals surface area contributed by atoms with Crippen LogP contribution in [0.4, 0.5) is 22.0 Å². The highest BCUT2D eigenvalue weighted by molar-refractivity contribution is 5.61. The van der Waals surface area contributed by atoms with Gasteiger partial charge in [-0.15, -0.1) is 10.2 Å². The van der Waals surface area contributed by atoms with Crippen molar-refractivity contribution in [2.75, 3.05) is 13.6 Å². The number of rotatable bonds is 2. The third kappa shape index (κ3) is 3.92. The maximum Gasteiger partial charge on any atom is 0.435 e. The topological polar surface area (TPSA) is 29.0 Å². The molecule has 1 aliphatic rings. The Balaban J connectivity index is 1.75. The Morgan fingerprint density at radius 2 is 1.77 bits per heavy atom. The summed E-state index contributed by atoms with van der Waals surface area (Å²) in [5, 5.41) is 7.00. The maximum atomic E-state index is 14.5. The largest absolute Gasteiger partial charge is 0.435 e. The van der Waals surface area contributed by atoms with Gasteiger partial charge < -0.3 is 4.90 Å². The minimum Gasteiger partial charge on any atom is -0.302 e. The van der Waals surface area contributed by atoms with Gasteiger partial charge in [0.25, 0.3) is 0 Å². The van der Waals surface area contributed by atoms with Crippen LogP contribution in [0.2, 0.25) is 0 Å². The molecule has 0 radical (unpaired) electrons. The van der Waals surface area contributed by atoms with Crippen LogP contribution in [0.3, 0.4) is 0 Å². The molecular formula is C22H18F5N3. The van der Waals surface area contributed by atoms with Gasteiger partial charge in [-0.05, 0) is 61.0 Å². The number of aromatic nitrogens is 2. The maximum absolute atomic E-state index is 14.5. The summed E-state index contributed by atoms with van der Waals surface area (Å²) in [4.78, 5) is 2.07. The number of nitrogens with zero attached hydrogens (tertiary/aromatic N) is 3. The summed E-state index contributed by atoms with van der Waals surface area (Å²) in [7, 11) is 1.93. The fourth-order valence-electron chi connectivity index (χ4n) is 3.87. The van der Waals surface area contributed by atoms with Crippen LogP contribution >= 0.6 is 0 Å². The Kier molecular flexibility index (Phi) is 5.27. The summed E-state index contributed by atoms with van der Waals surface area (Å²) in [5.74, 6) is -2.06. The highest BCUT2D eigenvalue weighted by Gasteiger charge is 2.33. The van der Waals surface area contributed by atoms with Crippen molar-refractivity contribution in [2.45, 2.75) is 25.1 Å². The molecule has 0 aliphatic carbocycles. The first-order valence-electron chi connectivity index (χ1n) is 9.40. The van der Waals surface area contributed by atoms with E-state index in [2.05, 4.69) is 15.1 Å². The van der Waals surface area contributed by atoms with Crippen molar-refractivity contribution in [3.8, 4) is 11.3 Å². The third-order valence-electron chi connectivity index (χ3n) is 5.37. The van der Waals surface area contributed by atoms with Gasteiger partial charge >= 0.3 is 6.18 Å². The van der Waals surface area contributed by atoms with E-state index < -0.39 is 23.5 Å². The quantitative estimate of drug-likeness (QED) is 0.521. The molecule has 2 aromatic carbocycles. The molecule has 0 saturated carbocycles. The van der Waals surface area contributed by atoms with Gasteiger partial charge in [0.2, 0.25) is 0 Å². The van der Waals surface area contributed by atoms with Gasteiger partial charge in [-0.2, -0.15) is 13.2 Å². The minimum atomic E-state index is -4.55. The van der Waals surface area contributed by atoms with Gasteiger partial charge in [0.05, 0.1) is 5.69 Å². The van der Waals surface area contributed by atoms with Gasteiger partial charge in [0, 0.05) is 18.0 Å². The zero-order valence-corrected chi connectivity index (χ0v) is 16.0. The van der Waals surface area contributed by atoms with E-state index in [4.69, 9.17) is 0 Å². The second-order valence-electron chi connectivity index (χ2n) is 7.44. The third-order valence-corrected chi connectivity index (χ3v) is 5.37. The molecule has 30 heavy (non-hydrogen) atoms. The van der Waals surface area contributed by atoms with Crippen LogP contribution in [-0.2, 0) is 12.7 Å². The molecule has 1 aliphatic heterocycles. The van der Waals surface area contributed by atoms with Gasteiger partial charge in [0.15, 0.2) is 17.3 Å². The van der Waals surface area contributed by atoms with E-state index in [0.29, 0.717) is 36.3 Å². The molecule has 4 rings (SSSR count). The number of halogens is 5. The molecular weight excluding hydrogens is 401 g/mol. The van der Waals surface area contributed by atoms with Crippen LogP contribution < -0.4 is 0 Å². The van der Waals surface area contributed by atoms with Crippen LogP contribution in [0, 0.1) is 11.6 Å². The molecule has 3 aromatic rings. The molecule has 2 heterocycles. The van der Waals surface area contributed by atoms with E-state index in [9.17, 15) is 22.0 Å². The molecule has 1 unspecified atom stereocenters. The summed E-state index contributed by atoms with van der Waals surface area (Å²) in [5.41, 5.74) is 1.93. The van der Waals surface area contributed by atoms with E-state index in [1.807, 2.05) is 19.2 Å². The summed E-state index contributed by atoms with van der Waals surface area (Å²) >= 11 is 0. The van der Waals surface area contributed by atoms with Gasteiger partial charge in [0.1, 0.15) is 0 Å². The highest BCUT2D eigenvalue weighted by Crippen LogP contribution is 2.37. The van der Waals surface area contributed by atoms with Crippen molar-refractivity contribution < 1.29 is 22.0 Å². The van der Waals surface area contributed by atoms with E-state index >= 15 is 0 Å². The lowest BCUT2D eigenvalue weighted by molar-refractivity contribution is -0.141. The molecule has 0 fully saturated rings. The molecule has 1 atom stereocenters. The van der Waals surface area contributed by atoms with Crippen molar-refractivity contribution in [3.05, 3.63) is 82.5 Å². The summed E-state index contributed by atoms with van der Waals surface area (Å²) in [6.45, 7) is 1.26. The number of fused-ring (bicyclic) bond motifs is 1. The zero-order chi connectivity index (χ0) is 21.5.